The van der Waals surface area contributed by atoms with Crippen LogP contribution in [0.25, 0.3) is 0 Å². The van der Waals surface area contributed by atoms with E-state index in [4.69, 9.17) is 4.74 Å². The van der Waals surface area contributed by atoms with Crippen LogP contribution in [0.5, 0.6) is 5.75 Å². The largest absolute Gasteiger partial charge is 0.482 e. The number of hydrogen-bond acceptors (Lipinski definition) is 5. The van der Waals surface area contributed by atoms with Crippen molar-refractivity contribution in [1.29, 1.82) is 0 Å². The Morgan fingerprint density at radius 2 is 1.76 bits per heavy atom. The number of anilines is 3. The number of sulfonamides is 1. The van der Waals surface area contributed by atoms with E-state index in [0.29, 0.717) is 22.8 Å². The molecule has 0 aliphatic carbocycles. The molecule has 0 spiro atoms. The third-order valence-corrected chi connectivity index (χ3v) is 5.26. The molecule has 128 valence electrons. The van der Waals surface area contributed by atoms with Gasteiger partial charge in [-0.25, -0.2) is 8.42 Å². The minimum atomic E-state index is -3.86. The Hall–Kier alpha value is -3.07. The van der Waals surface area contributed by atoms with Crippen molar-refractivity contribution in [1.82, 2.24) is 0 Å². The summed E-state index contributed by atoms with van der Waals surface area (Å²) in [4.78, 5) is 22.8. The van der Waals surface area contributed by atoms with Gasteiger partial charge in [-0.05, 0) is 42.0 Å². The number of nitrogens with one attached hydrogen (secondary N) is 3. The number of carbonyl (C=O) groups is 2. The van der Waals surface area contributed by atoms with Crippen LogP contribution in [0.15, 0.2) is 41.3 Å². The number of ether oxygens (including phenoxy) is 1. The van der Waals surface area contributed by atoms with E-state index >= 15 is 0 Å². The topological polar surface area (TPSA) is 114 Å². The van der Waals surface area contributed by atoms with Gasteiger partial charge in [0.1, 0.15) is 5.75 Å². The molecule has 3 N–H and O–H groups in total. The van der Waals surface area contributed by atoms with Gasteiger partial charge in [-0.15, -0.1) is 0 Å². The van der Waals surface area contributed by atoms with Gasteiger partial charge in [0.15, 0.2) is 6.61 Å². The van der Waals surface area contributed by atoms with E-state index in [-0.39, 0.29) is 29.7 Å². The summed E-state index contributed by atoms with van der Waals surface area (Å²) in [5.41, 5.74) is 2.08. The Bertz CT molecular complexity index is 1020. The Labute approximate surface area is 143 Å². The van der Waals surface area contributed by atoms with Gasteiger partial charge in [0.2, 0.25) is 5.91 Å². The predicted octanol–water partition coefficient (Wildman–Crippen LogP) is 1.31. The lowest BCUT2D eigenvalue weighted by Crippen LogP contribution is -2.25. The second-order valence-corrected chi connectivity index (χ2v) is 7.38. The minimum Gasteiger partial charge on any atom is -0.482 e. The number of rotatable bonds is 3. The van der Waals surface area contributed by atoms with Crippen molar-refractivity contribution in [2.75, 3.05) is 22.0 Å². The summed E-state index contributed by atoms with van der Waals surface area (Å²) in [6.45, 7) is -0.0980. The minimum absolute atomic E-state index is 0.00764. The van der Waals surface area contributed by atoms with Gasteiger partial charge in [-0.3, -0.25) is 14.3 Å². The van der Waals surface area contributed by atoms with Crippen LogP contribution in [-0.4, -0.2) is 26.8 Å². The van der Waals surface area contributed by atoms with Gasteiger partial charge in [0, 0.05) is 11.4 Å². The maximum atomic E-state index is 12.6. The molecule has 2 heterocycles. The molecule has 25 heavy (non-hydrogen) atoms. The van der Waals surface area contributed by atoms with E-state index in [1.807, 2.05) is 0 Å². The molecule has 2 amide bonds. The maximum Gasteiger partial charge on any atom is 0.262 e. The normalized spacial score (nSPS) is 15.5. The maximum absolute atomic E-state index is 12.6. The molecule has 9 heteroatoms. The van der Waals surface area contributed by atoms with E-state index < -0.39 is 10.0 Å². The molecular weight excluding hydrogens is 346 g/mol. The van der Waals surface area contributed by atoms with Crippen LogP contribution in [0, 0.1) is 0 Å². The number of benzene rings is 2. The van der Waals surface area contributed by atoms with Crippen molar-refractivity contribution < 1.29 is 22.7 Å². The Kier molecular flexibility index (Phi) is 3.39. The molecule has 2 aromatic rings. The highest BCUT2D eigenvalue weighted by atomic mass is 32.2. The van der Waals surface area contributed by atoms with Gasteiger partial charge >= 0.3 is 0 Å². The fourth-order valence-electron chi connectivity index (χ4n) is 2.74. The van der Waals surface area contributed by atoms with E-state index in [1.165, 1.54) is 18.2 Å². The van der Waals surface area contributed by atoms with Crippen molar-refractivity contribution in [2.24, 2.45) is 0 Å². The SMILES string of the molecule is O=C1Cc2cc(NS(=O)(=O)c3ccc4c(c3)NC(=O)CO4)ccc2N1. The van der Waals surface area contributed by atoms with Crippen molar-refractivity contribution in [3.63, 3.8) is 0 Å². The third kappa shape index (κ3) is 2.89. The van der Waals surface area contributed by atoms with Crippen molar-refractivity contribution in [3.05, 3.63) is 42.0 Å². The van der Waals surface area contributed by atoms with E-state index in [0.717, 1.165) is 5.56 Å². The van der Waals surface area contributed by atoms with Crippen LogP contribution in [0.2, 0.25) is 0 Å². The molecule has 0 bridgehead atoms. The van der Waals surface area contributed by atoms with Crippen molar-refractivity contribution in [3.8, 4) is 5.75 Å². The summed E-state index contributed by atoms with van der Waals surface area (Å²) in [5.74, 6) is -0.0492. The molecule has 0 fully saturated rings. The molecule has 0 radical (unpaired) electrons. The number of carbonyl (C=O) groups excluding carboxylic acids is 2. The quantitative estimate of drug-likeness (QED) is 0.765. The number of amides is 2. The van der Waals surface area contributed by atoms with Gasteiger partial charge < -0.3 is 15.4 Å². The molecule has 0 saturated carbocycles. The van der Waals surface area contributed by atoms with E-state index in [9.17, 15) is 18.0 Å². The van der Waals surface area contributed by atoms with Crippen LogP contribution in [0.4, 0.5) is 17.1 Å². The second kappa shape index (κ2) is 5.49. The average Bonchev–Trinajstić information content (AvgIpc) is 2.93. The number of fused-ring (bicyclic) bond motifs is 2. The summed E-state index contributed by atoms with van der Waals surface area (Å²) in [5, 5.41) is 5.26. The van der Waals surface area contributed by atoms with Gasteiger partial charge in [0.05, 0.1) is 17.0 Å². The first kappa shape index (κ1) is 15.5. The first-order chi connectivity index (χ1) is 11.9. The highest BCUT2D eigenvalue weighted by molar-refractivity contribution is 7.92. The second-order valence-electron chi connectivity index (χ2n) is 5.70. The molecule has 0 unspecified atom stereocenters. The molecule has 0 saturated heterocycles. The average molecular weight is 359 g/mol. The first-order valence-corrected chi connectivity index (χ1v) is 8.91. The third-order valence-electron chi connectivity index (χ3n) is 3.88. The summed E-state index contributed by atoms with van der Waals surface area (Å²) in [7, 11) is -3.86. The molecule has 2 aliphatic rings. The van der Waals surface area contributed by atoms with Crippen molar-refractivity contribution >= 4 is 38.9 Å². The van der Waals surface area contributed by atoms with Crippen molar-refractivity contribution in [2.45, 2.75) is 11.3 Å². The lowest BCUT2D eigenvalue weighted by Gasteiger charge is -2.18. The summed E-state index contributed by atoms with van der Waals surface area (Å²) >= 11 is 0. The fourth-order valence-corrected chi connectivity index (χ4v) is 3.81. The van der Waals surface area contributed by atoms with Gasteiger partial charge in [0.25, 0.3) is 15.9 Å². The standard InChI is InChI=1S/C16H13N3O5S/c20-15-6-9-5-10(1-3-12(9)17-15)19-25(22,23)11-2-4-14-13(7-11)18-16(21)8-24-14/h1-5,7,19H,6,8H2,(H,17,20)(H,18,21). The molecule has 0 aromatic heterocycles. The molecule has 2 aliphatic heterocycles. The van der Waals surface area contributed by atoms with E-state index in [1.54, 1.807) is 18.2 Å². The molecule has 0 atom stereocenters. The lowest BCUT2D eigenvalue weighted by atomic mass is 10.1. The molecule has 4 rings (SSSR count). The zero-order valence-electron chi connectivity index (χ0n) is 12.8. The number of hydrogen-bond donors (Lipinski definition) is 3. The van der Waals surface area contributed by atoms with Crippen LogP contribution < -0.4 is 20.1 Å². The van der Waals surface area contributed by atoms with E-state index in [2.05, 4.69) is 15.4 Å². The predicted molar refractivity (Wildman–Crippen MR) is 90.2 cm³/mol. The van der Waals surface area contributed by atoms with Crippen LogP contribution in [-0.2, 0) is 26.0 Å². The lowest BCUT2D eigenvalue weighted by molar-refractivity contribution is -0.118. The highest BCUT2D eigenvalue weighted by Gasteiger charge is 2.22. The fraction of sp³-hybridized carbons (Fsp3) is 0.125. The zero-order valence-corrected chi connectivity index (χ0v) is 13.6. The van der Waals surface area contributed by atoms with Crippen LogP contribution in [0.1, 0.15) is 5.56 Å². The summed E-state index contributed by atoms with van der Waals surface area (Å²) in [6, 6.07) is 9.08. The molecule has 2 aromatic carbocycles. The Morgan fingerprint density at radius 3 is 2.60 bits per heavy atom. The monoisotopic (exact) mass is 359 g/mol. The first-order valence-electron chi connectivity index (χ1n) is 7.43. The Balaban J connectivity index is 1.62. The molecule has 8 nitrogen and oxygen atoms in total. The molecular formula is C16H13N3O5S. The zero-order chi connectivity index (χ0) is 17.6. The Morgan fingerprint density at radius 1 is 0.960 bits per heavy atom. The van der Waals surface area contributed by atoms with Crippen LogP contribution >= 0.6 is 0 Å². The summed E-state index contributed by atoms with van der Waals surface area (Å²) in [6.07, 6.45) is 0.215. The van der Waals surface area contributed by atoms with Gasteiger partial charge in [-0.1, -0.05) is 0 Å². The van der Waals surface area contributed by atoms with Crippen LogP contribution in [0.3, 0.4) is 0 Å². The van der Waals surface area contributed by atoms with Gasteiger partial charge in [-0.2, -0.15) is 0 Å². The smallest absolute Gasteiger partial charge is 0.262 e. The summed E-state index contributed by atoms with van der Waals surface area (Å²) < 4.78 is 32.9. The highest BCUT2D eigenvalue weighted by Crippen LogP contribution is 2.31.